The highest BCUT2D eigenvalue weighted by atomic mass is 16.5. The molecule has 1 aromatic carbocycles. The summed E-state index contributed by atoms with van der Waals surface area (Å²) in [5.41, 5.74) is 5.60. The van der Waals surface area contributed by atoms with Crippen LogP contribution < -0.4 is 9.64 Å². The number of hydrogen-bond donors (Lipinski definition) is 0. The number of fused-ring (bicyclic) bond motifs is 2. The lowest BCUT2D eigenvalue weighted by Crippen LogP contribution is -2.43. The third-order valence-electron chi connectivity index (χ3n) is 12.9. The van der Waals surface area contributed by atoms with Crippen LogP contribution in [0.4, 0.5) is 5.69 Å². The van der Waals surface area contributed by atoms with Crippen molar-refractivity contribution in [3.05, 3.63) is 46.9 Å². The number of ether oxygens (including phenoxy) is 2. The molecule has 2 aliphatic rings. The molecule has 0 bridgehead atoms. The van der Waals surface area contributed by atoms with Crippen LogP contribution in [0.2, 0.25) is 0 Å². The molecule has 310 valence electrons. The average molecular weight is 749 g/mol. The van der Waals surface area contributed by atoms with E-state index in [1.807, 2.05) is 14.2 Å². The lowest BCUT2D eigenvalue weighted by Gasteiger charge is -2.47. The molecule has 0 aliphatic heterocycles. The minimum Gasteiger partial charge on any atom is -0.501 e. The van der Waals surface area contributed by atoms with E-state index in [2.05, 4.69) is 75.6 Å². The van der Waals surface area contributed by atoms with Gasteiger partial charge in [0.2, 0.25) is 0 Å². The van der Waals surface area contributed by atoms with Crippen LogP contribution in [-0.4, -0.2) is 45.3 Å². The Balaban J connectivity index is 1.91. The van der Waals surface area contributed by atoms with Crippen LogP contribution in [0.1, 0.15) is 207 Å². The van der Waals surface area contributed by atoms with Crippen molar-refractivity contribution in [2.75, 3.05) is 45.3 Å². The summed E-state index contributed by atoms with van der Waals surface area (Å²) >= 11 is 0. The highest BCUT2D eigenvalue weighted by Crippen LogP contribution is 2.53. The molecule has 0 amide bonds. The first-order chi connectivity index (χ1) is 26.4. The molecule has 0 saturated carbocycles. The molecule has 2 unspecified atom stereocenters. The van der Waals surface area contributed by atoms with Gasteiger partial charge in [0.15, 0.2) is 0 Å². The number of hydrogen-bond acceptors (Lipinski definition) is 4. The molecule has 0 radical (unpaired) electrons. The van der Waals surface area contributed by atoms with Crippen molar-refractivity contribution < 1.29 is 9.47 Å². The van der Waals surface area contributed by atoms with Crippen molar-refractivity contribution in [2.24, 2.45) is 11.8 Å². The van der Waals surface area contributed by atoms with Gasteiger partial charge >= 0.3 is 0 Å². The van der Waals surface area contributed by atoms with E-state index in [0.717, 1.165) is 44.1 Å². The van der Waals surface area contributed by atoms with E-state index in [-0.39, 0.29) is 5.41 Å². The summed E-state index contributed by atoms with van der Waals surface area (Å²) in [6.45, 7) is 18.9. The van der Waals surface area contributed by atoms with Crippen LogP contribution in [0.3, 0.4) is 0 Å². The van der Waals surface area contributed by atoms with E-state index >= 15 is 0 Å². The molecule has 54 heavy (non-hydrogen) atoms. The van der Waals surface area contributed by atoms with Gasteiger partial charge in [-0.3, -0.25) is 0 Å². The van der Waals surface area contributed by atoms with Gasteiger partial charge < -0.3 is 19.3 Å². The van der Waals surface area contributed by atoms with Crippen LogP contribution in [0.5, 0.6) is 5.75 Å². The van der Waals surface area contributed by atoms with Crippen molar-refractivity contribution >= 4 is 5.69 Å². The molecule has 4 heteroatoms. The molecule has 0 aromatic heterocycles. The highest BCUT2D eigenvalue weighted by Gasteiger charge is 2.46. The first-order valence-electron chi connectivity index (χ1n) is 23.5. The molecule has 1 aromatic rings. The largest absolute Gasteiger partial charge is 0.501 e. The minimum absolute atomic E-state index is 0.0528. The molecule has 0 N–H and O–H groups in total. The summed E-state index contributed by atoms with van der Waals surface area (Å²) in [6.07, 6.45) is 38.2. The van der Waals surface area contributed by atoms with Gasteiger partial charge in [0.05, 0.1) is 14.2 Å². The fourth-order valence-corrected chi connectivity index (χ4v) is 9.38. The van der Waals surface area contributed by atoms with Crippen LogP contribution in [-0.2, 0) is 16.6 Å². The third-order valence-corrected chi connectivity index (χ3v) is 12.9. The van der Waals surface area contributed by atoms with Crippen molar-refractivity contribution in [2.45, 2.75) is 207 Å². The fraction of sp³-hybridized carbons (Fsp3) is 0.800. The SMILES string of the molecule is CCCCCCCCN(CCCCCCCC)C1=CC2C(Cc3c(OC)cc(N(CCCCCCCC)CCCCCCCC)cc3C2(C)C)C(OC)=C1. The molecule has 2 atom stereocenters. The average Bonchev–Trinajstić information content (AvgIpc) is 3.18. The molecule has 0 heterocycles. The Bertz CT molecular complexity index is 1170. The smallest absolute Gasteiger partial charge is 0.124 e. The van der Waals surface area contributed by atoms with Gasteiger partial charge in [-0.2, -0.15) is 0 Å². The first kappa shape index (κ1) is 46.3. The zero-order valence-corrected chi connectivity index (χ0v) is 37.2. The predicted molar refractivity (Wildman–Crippen MR) is 237 cm³/mol. The molecule has 4 nitrogen and oxygen atoms in total. The van der Waals surface area contributed by atoms with Crippen molar-refractivity contribution in [1.29, 1.82) is 0 Å². The van der Waals surface area contributed by atoms with Crippen molar-refractivity contribution in [3.8, 4) is 5.75 Å². The summed E-state index contributed by atoms with van der Waals surface area (Å²) in [6, 6.07) is 4.97. The van der Waals surface area contributed by atoms with Gasteiger partial charge in [0.1, 0.15) is 11.5 Å². The van der Waals surface area contributed by atoms with E-state index < -0.39 is 0 Å². The molecule has 3 rings (SSSR count). The molecule has 0 fully saturated rings. The third kappa shape index (κ3) is 14.8. The second-order valence-corrected chi connectivity index (χ2v) is 17.6. The predicted octanol–water partition coefficient (Wildman–Crippen LogP) is 14.7. The van der Waals surface area contributed by atoms with Crippen molar-refractivity contribution in [1.82, 2.24) is 4.90 Å². The Kier molecular flexibility index (Phi) is 22.9. The number of benzene rings is 1. The summed E-state index contributed by atoms with van der Waals surface area (Å²) < 4.78 is 12.6. The Morgan fingerprint density at radius 3 is 1.41 bits per heavy atom. The van der Waals surface area contributed by atoms with E-state index in [1.165, 1.54) is 177 Å². The summed E-state index contributed by atoms with van der Waals surface area (Å²) in [4.78, 5) is 5.45. The van der Waals surface area contributed by atoms with Gasteiger partial charge in [-0.05, 0) is 66.7 Å². The number of rotatable bonds is 32. The Labute approximate surface area is 336 Å². The minimum atomic E-state index is -0.0528. The lowest BCUT2D eigenvalue weighted by atomic mass is 9.59. The Morgan fingerprint density at radius 1 is 0.556 bits per heavy atom. The highest BCUT2D eigenvalue weighted by molar-refractivity contribution is 5.61. The maximum Gasteiger partial charge on any atom is 0.124 e. The van der Waals surface area contributed by atoms with Gasteiger partial charge in [-0.25, -0.2) is 0 Å². The zero-order valence-electron chi connectivity index (χ0n) is 37.2. The molecular weight excluding hydrogens is 661 g/mol. The quantitative estimate of drug-likeness (QED) is 0.0685. The lowest BCUT2D eigenvalue weighted by molar-refractivity contribution is 0.161. The van der Waals surface area contributed by atoms with Gasteiger partial charge in [-0.15, -0.1) is 0 Å². The zero-order chi connectivity index (χ0) is 39.0. The van der Waals surface area contributed by atoms with Gasteiger partial charge in [0.25, 0.3) is 0 Å². The van der Waals surface area contributed by atoms with Crippen LogP contribution in [0.15, 0.2) is 35.7 Å². The Hall–Kier alpha value is -2.10. The van der Waals surface area contributed by atoms with E-state index in [9.17, 15) is 0 Å². The maximum atomic E-state index is 6.33. The van der Waals surface area contributed by atoms with E-state index in [0.29, 0.717) is 11.8 Å². The molecule has 0 saturated heterocycles. The maximum absolute atomic E-state index is 6.33. The van der Waals surface area contributed by atoms with Crippen molar-refractivity contribution in [3.63, 3.8) is 0 Å². The fourth-order valence-electron chi connectivity index (χ4n) is 9.38. The summed E-state index contributed by atoms with van der Waals surface area (Å²) in [5.74, 6) is 2.93. The Morgan fingerprint density at radius 2 is 0.981 bits per heavy atom. The second-order valence-electron chi connectivity index (χ2n) is 17.6. The molecular formula is C50H88N2O2. The van der Waals surface area contributed by atoms with E-state index in [1.54, 1.807) is 0 Å². The molecule has 2 aliphatic carbocycles. The normalized spacial score (nSPS) is 17.4. The van der Waals surface area contributed by atoms with Gasteiger partial charge in [0, 0.05) is 49.5 Å². The summed E-state index contributed by atoms with van der Waals surface area (Å²) in [7, 11) is 3.79. The number of nitrogens with zero attached hydrogens (tertiary/aromatic N) is 2. The number of allylic oxidation sites excluding steroid dienone is 3. The monoisotopic (exact) mass is 749 g/mol. The molecule has 0 spiro atoms. The first-order valence-corrected chi connectivity index (χ1v) is 23.5. The number of methoxy groups -OCH3 is 2. The van der Waals surface area contributed by atoms with E-state index in [4.69, 9.17) is 9.47 Å². The standard InChI is InChI=1S/C50H88N2O2/c1-9-13-17-21-25-29-33-51(34-30-26-22-18-14-10-2)42-37-46-44(48(39-42)53-7)41-45-47(50(46,5)6)38-43(40-49(45)54-8)52(35-31-27-23-19-15-11-3)36-32-28-24-20-16-12-4/h37-40,44,46H,9-36,41H2,1-8H3. The summed E-state index contributed by atoms with van der Waals surface area (Å²) in [5, 5.41) is 0. The van der Waals surface area contributed by atoms with Crippen LogP contribution >= 0.6 is 0 Å². The second kappa shape index (κ2) is 26.7. The van der Waals surface area contributed by atoms with Crippen LogP contribution in [0, 0.1) is 11.8 Å². The number of unbranched alkanes of at least 4 members (excludes halogenated alkanes) is 20. The van der Waals surface area contributed by atoms with Crippen LogP contribution in [0.25, 0.3) is 0 Å². The number of anilines is 1. The van der Waals surface area contributed by atoms with Gasteiger partial charge in [-0.1, -0.05) is 176 Å². The topological polar surface area (TPSA) is 24.9 Å².